The molecule has 0 atom stereocenters. The zero-order valence-corrected chi connectivity index (χ0v) is 10.8. The van der Waals surface area contributed by atoms with E-state index in [1.807, 2.05) is 6.92 Å². The Morgan fingerprint density at radius 2 is 1.94 bits per heavy atom. The summed E-state index contributed by atoms with van der Waals surface area (Å²) in [7, 11) is 0. The molecule has 0 fully saturated rings. The molecule has 0 aliphatic carbocycles. The van der Waals surface area contributed by atoms with Crippen LogP contribution in [0.2, 0.25) is 0 Å². The summed E-state index contributed by atoms with van der Waals surface area (Å²) in [5, 5.41) is 3.41. The molecule has 3 heteroatoms. The molecule has 0 spiro atoms. The number of aromatic nitrogens is 2. The summed E-state index contributed by atoms with van der Waals surface area (Å²) >= 11 is 0. The molecule has 18 heavy (non-hydrogen) atoms. The van der Waals surface area contributed by atoms with Crippen molar-refractivity contribution >= 4 is 0 Å². The summed E-state index contributed by atoms with van der Waals surface area (Å²) in [5.74, 6) is 0.869. The van der Waals surface area contributed by atoms with Crippen LogP contribution in [-0.2, 0) is 13.0 Å². The van der Waals surface area contributed by atoms with Gasteiger partial charge < -0.3 is 5.32 Å². The fourth-order valence-electron chi connectivity index (χ4n) is 2.53. The Balaban J connectivity index is 2.23. The highest BCUT2D eigenvalue weighted by Gasteiger charge is 2.18. The molecule has 0 radical (unpaired) electrons. The molecule has 2 aromatic rings. The van der Waals surface area contributed by atoms with Gasteiger partial charge in [-0.2, -0.15) is 0 Å². The summed E-state index contributed by atoms with van der Waals surface area (Å²) < 4.78 is 0. The highest BCUT2D eigenvalue weighted by Crippen LogP contribution is 2.27. The van der Waals surface area contributed by atoms with Crippen molar-refractivity contribution in [1.82, 2.24) is 15.3 Å². The maximum atomic E-state index is 4.67. The Hall–Kier alpha value is -1.74. The summed E-state index contributed by atoms with van der Waals surface area (Å²) in [6.07, 6.45) is 0.998. The number of hydrogen-bond acceptors (Lipinski definition) is 3. The lowest BCUT2D eigenvalue weighted by Crippen LogP contribution is -2.26. The first kappa shape index (κ1) is 11.4. The smallest absolute Gasteiger partial charge is 0.126 e. The normalized spacial score (nSPS) is 14.3. The predicted octanol–water partition coefficient (Wildman–Crippen LogP) is 2.41. The molecular weight excluding hydrogens is 222 g/mol. The number of nitrogens with zero attached hydrogens (tertiary/aromatic N) is 2. The molecule has 1 aliphatic rings. The molecule has 3 rings (SSSR count). The number of fused-ring (bicyclic) bond motifs is 1. The Labute approximate surface area is 107 Å². The van der Waals surface area contributed by atoms with E-state index in [9.17, 15) is 0 Å². The second-order valence-electron chi connectivity index (χ2n) is 4.79. The first-order valence-corrected chi connectivity index (χ1v) is 6.39. The standard InChI is InChI=1S/C15H17N3/c1-10-5-3-4-6-12(10)15-13-9-16-8-7-14(13)17-11(2)18-15/h3-6,16H,7-9H2,1-2H3. The number of rotatable bonds is 1. The van der Waals surface area contributed by atoms with Crippen molar-refractivity contribution in [2.75, 3.05) is 6.54 Å². The lowest BCUT2D eigenvalue weighted by Gasteiger charge is -2.20. The van der Waals surface area contributed by atoms with Crippen LogP contribution in [0.1, 0.15) is 22.6 Å². The second-order valence-corrected chi connectivity index (χ2v) is 4.79. The summed E-state index contributed by atoms with van der Waals surface area (Å²) in [6, 6.07) is 8.42. The van der Waals surface area contributed by atoms with Gasteiger partial charge in [-0.05, 0) is 19.4 Å². The van der Waals surface area contributed by atoms with Crippen molar-refractivity contribution in [2.24, 2.45) is 0 Å². The van der Waals surface area contributed by atoms with Gasteiger partial charge in [0.05, 0.1) is 11.4 Å². The molecule has 0 saturated carbocycles. The van der Waals surface area contributed by atoms with E-state index in [1.54, 1.807) is 0 Å². The fourth-order valence-corrected chi connectivity index (χ4v) is 2.53. The van der Waals surface area contributed by atoms with E-state index in [-0.39, 0.29) is 0 Å². The van der Waals surface area contributed by atoms with Gasteiger partial charge in [-0.3, -0.25) is 0 Å². The van der Waals surface area contributed by atoms with Gasteiger partial charge in [0.2, 0.25) is 0 Å². The topological polar surface area (TPSA) is 37.8 Å². The average molecular weight is 239 g/mol. The summed E-state index contributed by atoms with van der Waals surface area (Å²) in [4.78, 5) is 9.24. The zero-order chi connectivity index (χ0) is 12.5. The van der Waals surface area contributed by atoms with Crippen molar-refractivity contribution in [3.63, 3.8) is 0 Å². The van der Waals surface area contributed by atoms with Crippen LogP contribution in [0.4, 0.5) is 0 Å². The number of aryl methyl sites for hydroxylation is 2. The quantitative estimate of drug-likeness (QED) is 0.830. The Morgan fingerprint density at radius 1 is 1.11 bits per heavy atom. The van der Waals surface area contributed by atoms with Crippen molar-refractivity contribution < 1.29 is 0 Å². The van der Waals surface area contributed by atoms with Crippen LogP contribution in [0.5, 0.6) is 0 Å². The molecule has 1 N–H and O–H groups in total. The van der Waals surface area contributed by atoms with E-state index >= 15 is 0 Å². The molecule has 0 amide bonds. The van der Waals surface area contributed by atoms with E-state index in [1.165, 1.54) is 22.4 Å². The zero-order valence-electron chi connectivity index (χ0n) is 10.8. The third-order valence-corrected chi connectivity index (χ3v) is 3.45. The number of nitrogens with one attached hydrogen (secondary N) is 1. The average Bonchev–Trinajstić information content (AvgIpc) is 2.38. The van der Waals surface area contributed by atoms with Crippen molar-refractivity contribution in [2.45, 2.75) is 26.8 Å². The monoisotopic (exact) mass is 239 g/mol. The maximum Gasteiger partial charge on any atom is 0.126 e. The minimum atomic E-state index is 0.869. The number of benzene rings is 1. The first-order chi connectivity index (χ1) is 8.75. The van der Waals surface area contributed by atoms with Crippen LogP contribution in [0.3, 0.4) is 0 Å². The van der Waals surface area contributed by atoms with Gasteiger partial charge in [0.25, 0.3) is 0 Å². The van der Waals surface area contributed by atoms with Crippen LogP contribution in [0.25, 0.3) is 11.3 Å². The third kappa shape index (κ3) is 1.91. The van der Waals surface area contributed by atoms with Gasteiger partial charge in [-0.25, -0.2) is 9.97 Å². The Morgan fingerprint density at radius 3 is 2.78 bits per heavy atom. The third-order valence-electron chi connectivity index (χ3n) is 3.45. The molecular formula is C15H17N3. The molecule has 1 aromatic heterocycles. The van der Waals surface area contributed by atoms with E-state index < -0.39 is 0 Å². The fraction of sp³-hybridized carbons (Fsp3) is 0.333. The van der Waals surface area contributed by atoms with Crippen molar-refractivity contribution in [3.8, 4) is 11.3 Å². The maximum absolute atomic E-state index is 4.67. The van der Waals surface area contributed by atoms with Crippen LogP contribution >= 0.6 is 0 Å². The molecule has 0 unspecified atom stereocenters. The lowest BCUT2D eigenvalue weighted by atomic mass is 9.97. The van der Waals surface area contributed by atoms with Gasteiger partial charge in [0, 0.05) is 30.6 Å². The molecule has 0 saturated heterocycles. The highest BCUT2D eigenvalue weighted by molar-refractivity contribution is 5.67. The van der Waals surface area contributed by atoms with Crippen molar-refractivity contribution in [3.05, 3.63) is 46.9 Å². The van der Waals surface area contributed by atoms with Gasteiger partial charge in [0.15, 0.2) is 0 Å². The minimum Gasteiger partial charge on any atom is -0.312 e. The second kappa shape index (κ2) is 4.50. The predicted molar refractivity (Wildman–Crippen MR) is 72.4 cm³/mol. The van der Waals surface area contributed by atoms with Gasteiger partial charge >= 0.3 is 0 Å². The molecule has 2 heterocycles. The summed E-state index contributed by atoms with van der Waals surface area (Å²) in [6.45, 7) is 6.00. The summed E-state index contributed by atoms with van der Waals surface area (Å²) in [5.41, 5.74) is 6.06. The Kier molecular flexibility index (Phi) is 2.84. The van der Waals surface area contributed by atoms with E-state index in [0.717, 1.165) is 31.0 Å². The SMILES string of the molecule is Cc1nc2c(c(-c3ccccc3C)n1)CNCC2. The Bertz CT molecular complexity index is 590. The molecule has 1 aromatic carbocycles. The van der Waals surface area contributed by atoms with Crippen LogP contribution in [0.15, 0.2) is 24.3 Å². The van der Waals surface area contributed by atoms with Crippen LogP contribution < -0.4 is 5.32 Å². The molecule has 92 valence electrons. The first-order valence-electron chi connectivity index (χ1n) is 6.39. The van der Waals surface area contributed by atoms with E-state index in [4.69, 9.17) is 0 Å². The largest absolute Gasteiger partial charge is 0.312 e. The van der Waals surface area contributed by atoms with Gasteiger partial charge in [0.1, 0.15) is 5.82 Å². The van der Waals surface area contributed by atoms with Crippen LogP contribution in [0, 0.1) is 13.8 Å². The highest BCUT2D eigenvalue weighted by atomic mass is 14.9. The van der Waals surface area contributed by atoms with Gasteiger partial charge in [-0.1, -0.05) is 24.3 Å². The lowest BCUT2D eigenvalue weighted by molar-refractivity contribution is 0.624. The van der Waals surface area contributed by atoms with Gasteiger partial charge in [-0.15, -0.1) is 0 Å². The van der Waals surface area contributed by atoms with Crippen molar-refractivity contribution in [1.29, 1.82) is 0 Å². The molecule has 1 aliphatic heterocycles. The minimum absolute atomic E-state index is 0.869. The van der Waals surface area contributed by atoms with Crippen LogP contribution in [-0.4, -0.2) is 16.5 Å². The molecule has 0 bridgehead atoms. The number of hydrogen-bond donors (Lipinski definition) is 1. The molecule has 3 nitrogen and oxygen atoms in total. The van der Waals surface area contributed by atoms with E-state index in [2.05, 4.69) is 46.5 Å². The van der Waals surface area contributed by atoms with E-state index in [0.29, 0.717) is 0 Å².